The number of hydrogen-bond donors (Lipinski definition) is 1. The SMILES string of the molecule is CCCCN1C(=O)C(C)Oc2ccc(NC(=O)C(c3ccccc3)c3ccccc3)cc21. The van der Waals surface area contributed by atoms with Crippen molar-refractivity contribution in [2.75, 3.05) is 16.8 Å². The molecule has 32 heavy (non-hydrogen) atoms. The fourth-order valence-electron chi connectivity index (χ4n) is 4.03. The summed E-state index contributed by atoms with van der Waals surface area (Å²) in [6.45, 7) is 4.49. The molecule has 0 saturated carbocycles. The molecule has 0 aromatic heterocycles. The van der Waals surface area contributed by atoms with Gasteiger partial charge in [0.2, 0.25) is 5.91 Å². The van der Waals surface area contributed by atoms with Gasteiger partial charge in [-0.15, -0.1) is 0 Å². The predicted octanol–water partition coefficient (Wildman–Crippen LogP) is 5.37. The zero-order valence-electron chi connectivity index (χ0n) is 18.5. The van der Waals surface area contributed by atoms with E-state index in [1.807, 2.05) is 78.9 Å². The van der Waals surface area contributed by atoms with Crippen molar-refractivity contribution < 1.29 is 14.3 Å². The Balaban J connectivity index is 1.64. The Morgan fingerprint density at radius 2 is 1.62 bits per heavy atom. The van der Waals surface area contributed by atoms with Gasteiger partial charge in [-0.2, -0.15) is 0 Å². The first-order valence-corrected chi connectivity index (χ1v) is 11.1. The van der Waals surface area contributed by atoms with E-state index in [9.17, 15) is 9.59 Å². The lowest BCUT2D eigenvalue weighted by Crippen LogP contribution is -2.44. The maximum absolute atomic E-state index is 13.4. The first kappa shape index (κ1) is 21.6. The summed E-state index contributed by atoms with van der Waals surface area (Å²) in [5, 5.41) is 3.06. The molecule has 2 amide bonds. The molecule has 3 aromatic carbocycles. The maximum atomic E-state index is 13.4. The van der Waals surface area contributed by atoms with Crippen molar-refractivity contribution >= 4 is 23.2 Å². The van der Waals surface area contributed by atoms with Crippen LogP contribution >= 0.6 is 0 Å². The van der Waals surface area contributed by atoms with Gasteiger partial charge in [0.15, 0.2) is 6.10 Å². The van der Waals surface area contributed by atoms with E-state index in [1.54, 1.807) is 11.8 Å². The number of anilines is 2. The van der Waals surface area contributed by atoms with Gasteiger partial charge in [0.25, 0.3) is 5.91 Å². The van der Waals surface area contributed by atoms with Crippen molar-refractivity contribution in [1.82, 2.24) is 0 Å². The Morgan fingerprint density at radius 3 is 2.22 bits per heavy atom. The molecular weight excluding hydrogens is 400 g/mol. The highest BCUT2D eigenvalue weighted by Gasteiger charge is 2.31. The number of ether oxygens (including phenoxy) is 1. The van der Waals surface area contributed by atoms with Crippen molar-refractivity contribution in [2.45, 2.75) is 38.7 Å². The van der Waals surface area contributed by atoms with Gasteiger partial charge in [-0.3, -0.25) is 9.59 Å². The third-order valence-corrected chi connectivity index (χ3v) is 5.70. The van der Waals surface area contributed by atoms with E-state index in [0.29, 0.717) is 23.7 Å². The second-order valence-corrected chi connectivity index (χ2v) is 8.03. The highest BCUT2D eigenvalue weighted by Crippen LogP contribution is 2.37. The Kier molecular flexibility index (Phi) is 6.55. The van der Waals surface area contributed by atoms with Crippen LogP contribution in [0.25, 0.3) is 0 Å². The lowest BCUT2D eigenvalue weighted by Gasteiger charge is -2.33. The molecule has 1 heterocycles. The molecule has 164 valence electrons. The molecule has 1 unspecified atom stereocenters. The third kappa shape index (κ3) is 4.52. The summed E-state index contributed by atoms with van der Waals surface area (Å²) in [4.78, 5) is 27.9. The average Bonchev–Trinajstić information content (AvgIpc) is 2.81. The van der Waals surface area contributed by atoms with Gasteiger partial charge in [-0.05, 0) is 42.7 Å². The third-order valence-electron chi connectivity index (χ3n) is 5.70. The van der Waals surface area contributed by atoms with Crippen LogP contribution in [-0.2, 0) is 9.59 Å². The van der Waals surface area contributed by atoms with Crippen molar-refractivity contribution in [2.24, 2.45) is 0 Å². The van der Waals surface area contributed by atoms with E-state index >= 15 is 0 Å². The molecule has 1 N–H and O–H groups in total. The minimum Gasteiger partial charge on any atom is -0.479 e. The Labute approximate surface area is 189 Å². The minimum absolute atomic E-state index is 0.0547. The second kappa shape index (κ2) is 9.69. The summed E-state index contributed by atoms with van der Waals surface area (Å²) in [5.41, 5.74) is 3.19. The summed E-state index contributed by atoms with van der Waals surface area (Å²) >= 11 is 0. The van der Waals surface area contributed by atoms with Gasteiger partial charge in [0.05, 0.1) is 11.6 Å². The highest BCUT2D eigenvalue weighted by molar-refractivity contribution is 6.02. The molecule has 0 aliphatic carbocycles. The number of nitrogens with zero attached hydrogens (tertiary/aromatic N) is 1. The maximum Gasteiger partial charge on any atom is 0.267 e. The smallest absolute Gasteiger partial charge is 0.267 e. The number of carbonyl (C=O) groups is 2. The molecule has 0 radical (unpaired) electrons. The quantitative estimate of drug-likeness (QED) is 0.550. The summed E-state index contributed by atoms with van der Waals surface area (Å²) in [6.07, 6.45) is 1.37. The molecule has 0 saturated heterocycles. The van der Waals surface area contributed by atoms with Crippen LogP contribution in [0.15, 0.2) is 78.9 Å². The van der Waals surface area contributed by atoms with E-state index in [0.717, 1.165) is 24.0 Å². The molecule has 0 bridgehead atoms. The van der Waals surface area contributed by atoms with Gasteiger partial charge in [0.1, 0.15) is 5.75 Å². The Morgan fingerprint density at radius 1 is 1.00 bits per heavy atom. The lowest BCUT2D eigenvalue weighted by atomic mass is 9.90. The molecule has 5 heteroatoms. The van der Waals surface area contributed by atoms with Gasteiger partial charge in [-0.25, -0.2) is 0 Å². The van der Waals surface area contributed by atoms with E-state index in [4.69, 9.17) is 4.74 Å². The number of amides is 2. The zero-order chi connectivity index (χ0) is 22.5. The standard InChI is InChI=1S/C27H28N2O3/c1-3-4-17-29-23-18-22(15-16-24(23)32-19(2)27(29)31)28-26(30)25(20-11-7-5-8-12-20)21-13-9-6-10-14-21/h5-16,18-19,25H,3-4,17H2,1-2H3,(H,28,30). The number of benzene rings is 3. The molecule has 3 aromatic rings. The predicted molar refractivity (Wildman–Crippen MR) is 127 cm³/mol. The van der Waals surface area contributed by atoms with Crippen molar-refractivity contribution in [3.63, 3.8) is 0 Å². The first-order valence-electron chi connectivity index (χ1n) is 11.1. The van der Waals surface area contributed by atoms with E-state index in [2.05, 4.69) is 12.2 Å². The van der Waals surface area contributed by atoms with E-state index in [1.165, 1.54) is 0 Å². The second-order valence-electron chi connectivity index (χ2n) is 8.03. The van der Waals surface area contributed by atoms with Crippen molar-refractivity contribution in [3.8, 4) is 5.75 Å². The fraction of sp³-hybridized carbons (Fsp3) is 0.259. The summed E-state index contributed by atoms with van der Waals surface area (Å²) in [6, 6.07) is 25.0. The largest absolute Gasteiger partial charge is 0.479 e. The molecule has 0 fully saturated rings. The van der Waals surface area contributed by atoms with Gasteiger partial charge in [-0.1, -0.05) is 74.0 Å². The van der Waals surface area contributed by atoms with Crippen molar-refractivity contribution in [1.29, 1.82) is 0 Å². The number of nitrogens with one attached hydrogen (secondary N) is 1. The van der Waals surface area contributed by atoms with Gasteiger partial charge >= 0.3 is 0 Å². The number of unbranched alkanes of at least 4 members (excludes halogenated alkanes) is 1. The van der Waals surface area contributed by atoms with Crippen LogP contribution < -0.4 is 15.0 Å². The molecule has 5 nitrogen and oxygen atoms in total. The van der Waals surface area contributed by atoms with Crippen LogP contribution in [0.1, 0.15) is 43.7 Å². The number of fused-ring (bicyclic) bond motifs is 1. The van der Waals surface area contributed by atoms with Crippen molar-refractivity contribution in [3.05, 3.63) is 90.0 Å². The number of carbonyl (C=O) groups excluding carboxylic acids is 2. The first-order chi connectivity index (χ1) is 15.6. The number of hydrogen-bond acceptors (Lipinski definition) is 3. The summed E-state index contributed by atoms with van der Waals surface area (Å²) < 4.78 is 5.80. The van der Waals surface area contributed by atoms with Gasteiger partial charge in [0, 0.05) is 12.2 Å². The monoisotopic (exact) mass is 428 g/mol. The molecular formula is C27H28N2O3. The van der Waals surface area contributed by atoms with Crippen LogP contribution in [0, 0.1) is 0 Å². The molecule has 1 aliphatic heterocycles. The van der Waals surface area contributed by atoms with Crippen LogP contribution in [0.3, 0.4) is 0 Å². The Bertz CT molecular complexity index is 1040. The van der Waals surface area contributed by atoms with E-state index < -0.39 is 12.0 Å². The minimum atomic E-state index is -0.514. The van der Waals surface area contributed by atoms with Crippen LogP contribution in [0.2, 0.25) is 0 Å². The van der Waals surface area contributed by atoms with E-state index in [-0.39, 0.29) is 11.8 Å². The zero-order valence-corrected chi connectivity index (χ0v) is 18.5. The molecule has 1 aliphatic rings. The normalized spacial score (nSPS) is 15.3. The van der Waals surface area contributed by atoms with Gasteiger partial charge < -0.3 is 15.0 Å². The Hall–Kier alpha value is -3.60. The summed E-state index contributed by atoms with van der Waals surface area (Å²) in [7, 11) is 0. The lowest BCUT2D eigenvalue weighted by molar-refractivity contribution is -0.125. The van der Waals surface area contributed by atoms with Crippen LogP contribution in [0.4, 0.5) is 11.4 Å². The number of rotatable bonds is 7. The van der Waals surface area contributed by atoms with Crippen LogP contribution in [-0.4, -0.2) is 24.5 Å². The fourth-order valence-corrected chi connectivity index (χ4v) is 4.03. The topological polar surface area (TPSA) is 58.6 Å². The molecule has 0 spiro atoms. The average molecular weight is 429 g/mol. The molecule has 4 rings (SSSR count). The van der Waals surface area contributed by atoms with Crippen LogP contribution in [0.5, 0.6) is 5.75 Å². The highest BCUT2D eigenvalue weighted by atomic mass is 16.5. The summed E-state index contributed by atoms with van der Waals surface area (Å²) in [5.74, 6) is 0.0381. The molecule has 1 atom stereocenters.